The number of aryl methyl sites for hydroxylation is 2. The topological polar surface area (TPSA) is 62.2 Å². The summed E-state index contributed by atoms with van der Waals surface area (Å²) in [5.74, 6) is -0.0848. The first-order valence-corrected chi connectivity index (χ1v) is 7.70. The van der Waals surface area contributed by atoms with Gasteiger partial charge in [-0.1, -0.05) is 18.2 Å². The Hall–Kier alpha value is -2.20. The van der Waals surface area contributed by atoms with E-state index in [4.69, 9.17) is 0 Å². The van der Waals surface area contributed by atoms with Gasteiger partial charge in [-0.2, -0.15) is 0 Å². The van der Waals surface area contributed by atoms with E-state index in [0.717, 1.165) is 18.4 Å². The van der Waals surface area contributed by atoms with E-state index in [2.05, 4.69) is 22.4 Å². The molecule has 1 aliphatic carbocycles. The third-order valence-corrected chi connectivity index (χ3v) is 4.13. The predicted octanol–water partition coefficient (Wildman–Crippen LogP) is 2.63. The summed E-state index contributed by atoms with van der Waals surface area (Å²) in [4.78, 5) is 16.2. The molecular formula is C18H20N2O2. The highest BCUT2D eigenvalue weighted by atomic mass is 16.3. The molecule has 4 heteroatoms. The largest absolute Gasteiger partial charge is 0.392 e. The highest BCUT2D eigenvalue weighted by Gasteiger charge is 2.12. The fraction of sp³-hybridized carbons (Fsp3) is 0.333. The van der Waals surface area contributed by atoms with Crippen LogP contribution in [0.5, 0.6) is 0 Å². The Morgan fingerprint density at radius 2 is 2.00 bits per heavy atom. The van der Waals surface area contributed by atoms with E-state index in [0.29, 0.717) is 17.7 Å². The molecule has 1 aromatic heterocycles. The number of benzene rings is 1. The zero-order valence-electron chi connectivity index (χ0n) is 12.5. The number of aliphatic hydroxyl groups excluding tert-OH is 1. The van der Waals surface area contributed by atoms with Crippen molar-refractivity contribution in [3.05, 3.63) is 58.9 Å². The molecule has 0 bridgehead atoms. The van der Waals surface area contributed by atoms with Gasteiger partial charge in [0.05, 0.1) is 24.9 Å². The van der Waals surface area contributed by atoms with Gasteiger partial charge in [0.15, 0.2) is 0 Å². The van der Waals surface area contributed by atoms with Crippen molar-refractivity contribution in [2.24, 2.45) is 0 Å². The van der Waals surface area contributed by atoms with Gasteiger partial charge < -0.3 is 10.4 Å². The maximum atomic E-state index is 12.2. The Labute approximate surface area is 130 Å². The van der Waals surface area contributed by atoms with E-state index in [1.54, 1.807) is 18.5 Å². The highest BCUT2D eigenvalue weighted by Crippen LogP contribution is 2.22. The van der Waals surface area contributed by atoms with Crippen LogP contribution in [-0.4, -0.2) is 16.0 Å². The molecule has 22 heavy (non-hydrogen) atoms. The molecule has 1 aromatic carbocycles. The van der Waals surface area contributed by atoms with Crippen molar-refractivity contribution < 1.29 is 9.90 Å². The quantitative estimate of drug-likeness (QED) is 0.911. The second kappa shape index (κ2) is 6.71. The lowest BCUT2D eigenvalue weighted by atomic mass is 9.90. The number of nitrogens with zero attached hydrogens (tertiary/aromatic N) is 1. The molecule has 0 fully saturated rings. The fourth-order valence-corrected chi connectivity index (χ4v) is 2.95. The van der Waals surface area contributed by atoms with Crippen LogP contribution in [0.2, 0.25) is 0 Å². The number of hydrogen-bond donors (Lipinski definition) is 2. The smallest absolute Gasteiger partial charge is 0.228 e. The minimum Gasteiger partial charge on any atom is -0.392 e. The summed E-state index contributed by atoms with van der Waals surface area (Å²) < 4.78 is 0. The first-order valence-electron chi connectivity index (χ1n) is 7.70. The second-order valence-electron chi connectivity index (χ2n) is 5.73. The van der Waals surface area contributed by atoms with E-state index in [1.807, 2.05) is 6.07 Å². The maximum absolute atomic E-state index is 12.2. The Balaban J connectivity index is 1.69. The number of fused-ring (bicyclic) bond motifs is 1. The zero-order chi connectivity index (χ0) is 15.4. The number of hydrogen-bond acceptors (Lipinski definition) is 3. The van der Waals surface area contributed by atoms with Crippen LogP contribution in [0.4, 0.5) is 5.69 Å². The molecule has 2 aromatic rings. The molecule has 0 radical (unpaired) electrons. The van der Waals surface area contributed by atoms with Gasteiger partial charge >= 0.3 is 0 Å². The third kappa shape index (κ3) is 3.34. The van der Waals surface area contributed by atoms with Crippen LogP contribution in [0.1, 0.15) is 35.1 Å². The predicted molar refractivity (Wildman–Crippen MR) is 85.6 cm³/mol. The van der Waals surface area contributed by atoms with Crippen LogP contribution in [-0.2, 0) is 30.7 Å². The number of amides is 1. The van der Waals surface area contributed by atoms with Crippen LogP contribution < -0.4 is 5.32 Å². The molecule has 0 aliphatic heterocycles. The first-order chi connectivity index (χ1) is 10.8. The highest BCUT2D eigenvalue weighted by molar-refractivity contribution is 5.92. The molecule has 1 amide bonds. The Bertz CT molecular complexity index is 683. The summed E-state index contributed by atoms with van der Waals surface area (Å²) in [5.41, 5.74) is 5.09. The molecule has 1 aliphatic rings. The molecule has 0 unspecified atom stereocenters. The summed E-state index contributed by atoms with van der Waals surface area (Å²) in [6, 6.07) is 8.05. The monoisotopic (exact) mass is 296 g/mol. The molecule has 0 saturated heterocycles. The number of anilines is 1. The van der Waals surface area contributed by atoms with Gasteiger partial charge in [-0.05, 0) is 48.4 Å². The van der Waals surface area contributed by atoms with Gasteiger partial charge in [0.25, 0.3) is 0 Å². The second-order valence-corrected chi connectivity index (χ2v) is 5.73. The van der Waals surface area contributed by atoms with Crippen molar-refractivity contribution in [2.75, 3.05) is 5.32 Å². The first kappa shape index (κ1) is 14.7. The lowest BCUT2D eigenvalue weighted by Gasteiger charge is -2.16. The zero-order valence-corrected chi connectivity index (χ0v) is 12.5. The van der Waals surface area contributed by atoms with E-state index in [1.165, 1.54) is 24.0 Å². The van der Waals surface area contributed by atoms with Gasteiger partial charge in [0.1, 0.15) is 0 Å². The number of rotatable bonds is 4. The van der Waals surface area contributed by atoms with Gasteiger partial charge in [0, 0.05) is 11.8 Å². The molecule has 2 N–H and O–H groups in total. The van der Waals surface area contributed by atoms with Crippen LogP contribution in [0.15, 0.2) is 36.7 Å². The summed E-state index contributed by atoms with van der Waals surface area (Å²) in [6.07, 6.45) is 8.27. The molecule has 1 heterocycles. The normalized spacial score (nSPS) is 13.5. The Morgan fingerprint density at radius 1 is 1.18 bits per heavy atom. The van der Waals surface area contributed by atoms with Crippen LogP contribution in [0, 0.1) is 0 Å². The molecule has 114 valence electrons. The van der Waals surface area contributed by atoms with Crippen molar-refractivity contribution in [1.82, 2.24) is 4.98 Å². The van der Waals surface area contributed by atoms with Gasteiger partial charge in [-0.3, -0.25) is 9.78 Å². The SMILES string of the molecule is O=C(Cc1ccc2c(c1)CCCC2)Nc1cnccc1CO. The molecule has 0 saturated carbocycles. The molecule has 4 nitrogen and oxygen atoms in total. The van der Waals surface area contributed by atoms with E-state index < -0.39 is 0 Å². The number of nitrogens with one attached hydrogen (secondary N) is 1. The van der Waals surface area contributed by atoms with Gasteiger partial charge in [-0.25, -0.2) is 0 Å². The van der Waals surface area contributed by atoms with Gasteiger partial charge in [0.2, 0.25) is 5.91 Å². The average molecular weight is 296 g/mol. The third-order valence-electron chi connectivity index (χ3n) is 4.13. The minimum absolute atomic E-state index is 0.0848. The summed E-state index contributed by atoms with van der Waals surface area (Å²) in [6.45, 7) is -0.114. The van der Waals surface area contributed by atoms with E-state index >= 15 is 0 Å². The van der Waals surface area contributed by atoms with E-state index in [9.17, 15) is 9.90 Å². The lowest BCUT2D eigenvalue weighted by molar-refractivity contribution is -0.115. The van der Waals surface area contributed by atoms with Crippen LogP contribution in [0.3, 0.4) is 0 Å². The Morgan fingerprint density at radius 3 is 2.82 bits per heavy atom. The summed E-state index contributed by atoms with van der Waals surface area (Å²) >= 11 is 0. The van der Waals surface area contributed by atoms with Crippen LogP contribution in [0.25, 0.3) is 0 Å². The Kier molecular flexibility index (Phi) is 4.49. The standard InChI is InChI=1S/C18H20N2O2/c21-12-16-7-8-19-11-17(16)20-18(22)10-13-5-6-14-3-1-2-4-15(14)9-13/h5-9,11,21H,1-4,10,12H2,(H,20,22). The van der Waals surface area contributed by atoms with Crippen molar-refractivity contribution in [3.8, 4) is 0 Å². The van der Waals surface area contributed by atoms with Crippen molar-refractivity contribution in [2.45, 2.75) is 38.7 Å². The number of carbonyl (C=O) groups is 1. The minimum atomic E-state index is -0.114. The average Bonchev–Trinajstić information content (AvgIpc) is 2.55. The fourth-order valence-electron chi connectivity index (χ4n) is 2.95. The number of pyridine rings is 1. The maximum Gasteiger partial charge on any atom is 0.228 e. The summed E-state index contributed by atoms with van der Waals surface area (Å²) in [7, 11) is 0. The number of carbonyl (C=O) groups excluding carboxylic acids is 1. The van der Waals surface area contributed by atoms with Crippen molar-refractivity contribution in [3.63, 3.8) is 0 Å². The molecule has 0 atom stereocenters. The lowest BCUT2D eigenvalue weighted by Crippen LogP contribution is -2.16. The number of aromatic nitrogens is 1. The molecule has 3 rings (SSSR count). The molecule has 0 spiro atoms. The number of aliphatic hydroxyl groups is 1. The van der Waals surface area contributed by atoms with E-state index in [-0.39, 0.29) is 12.5 Å². The van der Waals surface area contributed by atoms with Crippen molar-refractivity contribution in [1.29, 1.82) is 0 Å². The van der Waals surface area contributed by atoms with Gasteiger partial charge in [-0.15, -0.1) is 0 Å². The summed E-state index contributed by atoms with van der Waals surface area (Å²) in [5, 5.41) is 12.1. The van der Waals surface area contributed by atoms with Crippen LogP contribution >= 0.6 is 0 Å². The molecular weight excluding hydrogens is 276 g/mol. The van der Waals surface area contributed by atoms with Crippen molar-refractivity contribution >= 4 is 11.6 Å².